The minimum Gasteiger partial charge on any atom is -0.482 e. The molecule has 3 N–H and O–H groups in total. The lowest BCUT2D eigenvalue weighted by Crippen LogP contribution is -2.13. The summed E-state index contributed by atoms with van der Waals surface area (Å²) in [6, 6.07) is 11.3. The number of nitrogens with zero attached hydrogens (tertiary/aromatic N) is 4. The van der Waals surface area contributed by atoms with Crippen LogP contribution in [0.25, 0.3) is 11.1 Å². The van der Waals surface area contributed by atoms with Crippen LogP contribution < -0.4 is 15.8 Å². The van der Waals surface area contributed by atoms with Crippen LogP contribution in [0.1, 0.15) is 54.3 Å². The molecule has 4 rings (SSSR count). The summed E-state index contributed by atoms with van der Waals surface area (Å²) in [7, 11) is 1.86. The number of aromatic nitrogens is 4. The van der Waals surface area contributed by atoms with Crippen LogP contribution in [0, 0.1) is 0 Å². The van der Waals surface area contributed by atoms with Crippen molar-refractivity contribution >= 4 is 17.4 Å². The zero-order valence-corrected chi connectivity index (χ0v) is 19.7. The van der Waals surface area contributed by atoms with E-state index in [1.807, 2.05) is 56.6 Å². The van der Waals surface area contributed by atoms with Gasteiger partial charge >= 0.3 is 0 Å². The van der Waals surface area contributed by atoms with Crippen molar-refractivity contribution in [1.82, 2.24) is 19.7 Å². The monoisotopic (exact) mass is 456 g/mol. The van der Waals surface area contributed by atoms with Crippen LogP contribution in [0.4, 0.5) is 11.5 Å². The van der Waals surface area contributed by atoms with Gasteiger partial charge in [-0.15, -0.1) is 0 Å². The number of nitrogen functional groups attached to an aromatic ring is 1. The zero-order chi connectivity index (χ0) is 24.2. The largest absolute Gasteiger partial charge is 0.482 e. The lowest BCUT2D eigenvalue weighted by atomic mass is 10.0. The number of carbonyl (C=O) groups is 1. The number of nitrogens with one attached hydrogen (secondary N) is 1. The zero-order valence-electron chi connectivity index (χ0n) is 19.7. The number of hydrogen-bond donors (Lipinski definition) is 2. The topological polar surface area (TPSA) is 108 Å². The summed E-state index contributed by atoms with van der Waals surface area (Å²) < 4.78 is 7.88. The number of aryl methyl sites for hydroxylation is 1. The molecule has 0 bridgehead atoms. The van der Waals surface area contributed by atoms with E-state index in [1.54, 1.807) is 29.5 Å². The first-order valence-electron chi connectivity index (χ1n) is 11.1. The number of pyridine rings is 2. The van der Waals surface area contributed by atoms with Gasteiger partial charge in [0.2, 0.25) is 0 Å². The average Bonchev–Trinajstić information content (AvgIpc) is 3.27. The van der Waals surface area contributed by atoms with Gasteiger partial charge in [0, 0.05) is 48.6 Å². The van der Waals surface area contributed by atoms with E-state index in [4.69, 9.17) is 10.5 Å². The molecule has 34 heavy (non-hydrogen) atoms. The van der Waals surface area contributed by atoms with E-state index in [1.165, 1.54) is 0 Å². The number of hydrogen-bond acceptors (Lipinski definition) is 6. The lowest BCUT2D eigenvalue weighted by Gasteiger charge is -2.18. The highest BCUT2D eigenvalue weighted by Crippen LogP contribution is 2.31. The second-order valence-corrected chi connectivity index (χ2v) is 8.51. The molecular weight excluding hydrogens is 428 g/mol. The van der Waals surface area contributed by atoms with E-state index in [0.29, 0.717) is 28.7 Å². The van der Waals surface area contributed by atoms with Crippen molar-refractivity contribution in [3.63, 3.8) is 0 Å². The molecule has 174 valence electrons. The molecule has 1 aromatic carbocycles. The Morgan fingerprint density at radius 1 is 1.03 bits per heavy atom. The van der Waals surface area contributed by atoms with E-state index in [-0.39, 0.29) is 12.0 Å². The van der Waals surface area contributed by atoms with Crippen molar-refractivity contribution < 1.29 is 9.53 Å². The van der Waals surface area contributed by atoms with E-state index in [9.17, 15) is 4.79 Å². The third-order valence-electron chi connectivity index (χ3n) is 5.53. The van der Waals surface area contributed by atoms with Crippen molar-refractivity contribution in [1.29, 1.82) is 0 Å². The Kier molecular flexibility index (Phi) is 6.58. The number of anilines is 2. The van der Waals surface area contributed by atoms with Crippen LogP contribution in [0.5, 0.6) is 5.75 Å². The molecule has 1 amide bonds. The molecule has 0 aliphatic carbocycles. The Hall–Kier alpha value is -4.20. The summed E-state index contributed by atoms with van der Waals surface area (Å²) >= 11 is 0. The molecule has 3 heterocycles. The molecule has 0 fully saturated rings. The third kappa shape index (κ3) is 5.23. The van der Waals surface area contributed by atoms with Gasteiger partial charge in [0.15, 0.2) is 11.6 Å². The number of rotatable bonds is 7. The molecule has 4 aromatic rings. The van der Waals surface area contributed by atoms with Crippen LogP contribution in [0.2, 0.25) is 0 Å². The van der Waals surface area contributed by atoms with Crippen LogP contribution in [0.15, 0.2) is 67.4 Å². The van der Waals surface area contributed by atoms with Gasteiger partial charge in [-0.3, -0.25) is 14.5 Å². The fraction of sp³-hybridized carbons (Fsp3) is 0.231. The van der Waals surface area contributed by atoms with Crippen molar-refractivity contribution in [2.45, 2.75) is 32.8 Å². The van der Waals surface area contributed by atoms with Crippen molar-refractivity contribution in [2.75, 3.05) is 11.1 Å². The number of amides is 1. The highest BCUT2D eigenvalue weighted by Gasteiger charge is 2.14. The second-order valence-electron chi connectivity index (χ2n) is 8.51. The van der Waals surface area contributed by atoms with Crippen LogP contribution >= 0.6 is 0 Å². The highest BCUT2D eigenvalue weighted by molar-refractivity contribution is 6.04. The summed E-state index contributed by atoms with van der Waals surface area (Å²) in [6.07, 6.45) is 8.39. The minimum absolute atomic E-state index is 0.210. The van der Waals surface area contributed by atoms with Gasteiger partial charge < -0.3 is 15.8 Å². The number of ether oxygens (including phenoxy) is 1. The average molecular weight is 457 g/mol. The summed E-state index contributed by atoms with van der Waals surface area (Å²) in [5, 5.41) is 7.15. The van der Waals surface area contributed by atoms with E-state index >= 15 is 0 Å². The van der Waals surface area contributed by atoms with Gasteiger partial charge in [-0.05, 0) is 48.2 Å². The molecule has 0 aliphatic rings. The van der Waals surface area contributed by atoms with Crippen molar-refractivity contribution in [2.24, 2.45) is 7.05 Å². The maximum Gasteiger partial charge on any atom is 0.257 e. The summed E-state index contributed by atoms with van der Waals surface area (Å²) in [4.78, 5) is 21.2. The molecule has 0 saturated carbocycles. The van der Waals surface area contributed by atoms with Crippen molar-refractivity contribution in [3.8, 4) is 16.9 Å². The molecule has 0 aliphatic heterocycles. The third-order valence-corrected chi connectivity index (χ3v) is 5.53. The lowest BCUT2D eigenvalue weighted by molar-refractivity contribution is 0.102. The molecule has 0 radical (unpaired) electrons. The Bertz CT molecular complexity index is 1310. The molecular formula is C26H28N6O2. The predicted molar refractivity (Wildman–Crippen MR) is 133 cm³/mol. The smallest absolute Gasteiger partial charge is 0.257 e. The first kappa shape index (κ1) is 23.0. The minimum atomic E-state index is -0.323. The SMILES string of the molecule is CC(C)c1cncc(C(=O)Nc2cccc([C@@H](C)Oc3cc(-c4cnn(C)c4)cnc3N)c2)c1. The van der Waals surface area contributed by atoms with Gasteiger partial charge in [0.1, 0.15) is 6.10 Å². The fourth-order valence-corrected chi connectivity index (χ4v) is 3.51. The Morgan fingerprint density at radius 2 is 1.85 bits per heavy atom. The Labute approximate surface area is 198 Å². The standard InChI is InChI=1S/C26H28N6O2/c1-16(2)19-8-21(12-28-11-19)26(33)31-23-7-5-6-18(9-23)17(3)34-24-10-20(13-29-25(24)27)22-14-30-32(4)15-22/h5-17H,1-4H3,(H2,27,29)(H,31,33)/t17-/m1/s1. The van der Waals surface area contributed by atoms with Crippen molar-refractivity contribution in [3.05, 3.63) is 84.1 Å². The molecule has 1 atom stereocenters. The normalized spacial score (nSPS) is 11.9. The van der Waals surface area contributed by atoms with Crippen LogP contribution in [-0.2, 0) is 7.05 Å². The van der Waals surface area contributed by atoms with Gasteiger partial charge in [0.05, 0.1) is 11.8 Å². The molecule has 3 aromatic heterocycles. The van der Waals surface area contributed by atoms with Gasteiger partial charge in [-0.1, -0.05) is 26.0 Å². The number of carbonyl (C=O) groups excluding carboxylic acids is 1. The highest BCUT2D eigenvalue weighted by atomic mass is 16.5. The number of nitrogens with two attached hydrogens (primary N) is 1. The summed E-state index contributed by atoms with van der Waals surface area (Å²) in [5.74, 6) is 0.875. The van der Waals surface area contributed by atoms with E-state index in [0.717, 1.165) is 22.3 Å². The maximum absolute atomic E-state index is 12.8. The van der Waals surface area contributed by atoms with Crippen LogP contribution in [-0.4, -0.2) is 25.7 Å². The first-order chi connectivity index (χ1) is 16.3. The summed E-state index contributed by atoms with van der Waals surface area (Å²) in [6.45, 7) is 6.06. The molecule has 0 spiro atoms. The first-order valence-corrected chi connectivity index (χ1v) is 11.1. The maximum atomic E-state index is 12.8. The predicted octanol–water partition coefficient (Wildman–Crippen LogP) is 4.98. The van der Waals surface area contributed by atoms with Crippen LogP contribution in [0.3, 0.4) is 0 Å². The molecule has 8 nitrogen and oxygen atoms in total. The van der Waals surface area contributed by atoms with E-state index in [2.05, 4.69) is 34.2 Å². The Morgan fingerprint density at radius 3 is 2.59 bits per heavy atom. The molecule has 8 heteroatoms. The Balaban J connectivity index is 1.50. The fourth-order valence-electron chi connectivity index (χ4n) is 3.51. The van der Waals surface area contributed by atoms with E-state index < -0.39 is 0 Å². The van der Waals surface area contributed by atoms with Gasteiger partial charge in [0.25, 0.3) is 5.91 Å². The van der Waals surface area contributed by atoms with Gasteiger partial charge in [-0.2, -0.15) is 5.10 Å². The quantitative estimate of drug-likeness (QED) is 0.406. The molecule has 0 unspecified atom stereocenters. The molecule has 0 saturated heterocycles. The second kappa shape index (κ2) is 9.74. The van der Waals surface area contributed by atoms with Gasteiger partial charge in [-0.25, -0.2) is 4.98 Å². The summed E-state index contributed by atoms with van der Waals surface area (Å²) in [5.41, 5.74) is 11.0. The number of benzene rings is 1.